The first kappa shape index (κ1) is 10.1. The lowest BCUT2D eigenvalue weighted by Crippen LogP contribution is -2.17. The highest BCUT2D eigenvalue weighted by Crippen LogP contribution is 2.27. The topological polar surface area (TPSA) is 39.9 Å². The van der Waals surface area contributed by atoms with Crippen molar-refractivity contribution in [3.05, 3.63) is 23.7 Å². The molecule has 0 N–H and O–H groups in total. The summed E-state index contributed by atoms with van der Waals surface area (Å²) in [6.45, 7) is 0.823. The first-order valence-electron chi connectivity index (χ1n) is 5.45. The quantitative estimate of drug-likeness (QED) is 0.716. The zero-order chi connectivity index (χ0) is 11.0. The van der Waals surface area contributed by atoms with Gasteiger partial charge in [-0.25, -0.2) is 9.97 Å². The van der Waals surface area contributed by atoms with Crippen LogP contribution >= 0.6 is 11.6 Å². The fraction of sp³-hybridized carbons (Fsp3) is 0.455. The smallest absolute Gasteiger partial charge is 0.156 e. The molecule has 3 heterocycles. The van der Waals surface area contributed by atoms with Gasteiger partial charge >= 0.3 is 0 Å². The summed E-state index contributed by atoms with van der Waals surface area (Å²) in [6.07, 6.45) is 6.96. The Kier molecular flexibility index (Phi) is 2.53. The van der Waals surface area contributed by atoms with Gasteiger partial charge in [-0.15, -0.1) is 0 Å². The molecule has 1 aliphatic rings. The molecule has 1 aliphatic heterocycles. The van der Waals surface area contributed by atoms with Gasteiger partial charge in [0, 0.05) is 12.8 Å². The molecule has 1 fully saturated rings. The third-order valence-corrected chi connectivity index (χ3v) is 3.19. The molecule has 0 aliphatic carbocycles. The highest BCUT2D eigenvalue weighted by molar-refractivity contribution is 6.33. The SMILES string of the molecule is Clc1nccc2c1ncn2C1CCCCO1. The minimum absolute atomic E-state index is 0.0946. The van der Waals surface area contributed by atoms with Crippen LogP contribution in [0.25, 0.3) is 11.0 Å². The Morgan fingerprint density at radius 1 is 1.38 bits per heavy atom. The van der Waals surface area contributed by atoms with Crippen LogP contribution in [0.2, 0.25) is 5.15 Å². The van der Waals surface area contributed by atoms with Gasteiger partial charge in [0.15, 0.2) is 5.15 Å². The first-order chi connectivity index (χ1) is 7.86. The molecule has 0 bridgehead atoms. The predicted molar refractivity (Wildman–Crippen MR) is 61.4 cm³/mol. The van der Waals surface area contributed by atoms with Gasteiger partial charge in [-0.05, 0) is 25.3 Å². The molecule has 84 valence electrons. The summed E-state index contributed by atoms with van der Waals surface area (Å²) < 4.78 is 7.77. The van der Waals surface area contributed by atoms with Gasteiger partial charge in [-0.1, -0.05) is 11.6 Å². The highest BCUT2D eigenvalue weighted by atomic mass is 35.5. The van der Waals surface area contributed by atoms with Crippen LogP contribution in [0, 0.1) is 0 Å². The minimum atomic E-state index is 0.0946. The number of hydrogen-bond acceptors (Lipinski definition) is 3. The molecule has 2 aromatic heterocycles. The molecule has 4 nitrogen and oxygen atoms in total. The molecule has 0 aromatic carbocycles. The van der Waals surface area contributed by atoms with Crippen molar-refractivity contribution in [2.45, 2.75) is 25.5 Å². The van der Waals surface area contributed by atoms with Crippen molar-refractivity contribution in [1.82, 2.24) is 14.5 Å². The first-order valence-corrected chi connectivity index (χ1v) is 5.83. The van der Waals surface area contributed by atoms with E-state index in [0.717, 1.165) is 30.5 Å². The lowest BCUT2D eigenvalue weighted by molar-refractivity contribution is -0.0295. The molecule has 5 heteroatoms. The van der Waals surface area contributed by atoms with Crippen molar-refractivity contribution in [2.75, 3.05) is 6.61 Å². The highest BCUT2D eigenvalue weighted by Gasteiger charge is 2.18. The third kappa shape index (κ3) is 1.58. The number of fused-ring (bicyclic) bond motifs is 1. The molecule has 0 spiro atoms. The lowest BCUT2D eigenvalue weighted by atomic mass is 10.2. The van der Waals surface area contributed by atoms with Crippen LogP contribution in [0.4, 0.5) is 0 Å². The van der Waals surface area contributed by atoms with Crippen LogP contribution in [-0.4, -0.2) is 21.1 Å². The molecular weight excluding hydrogens is 226 g/mol. The standard InChI is InChI=1S/C11H12ClN3O/c12-11-10-8(4-5-13-11)15(7-14-10)9-3-1-2-6-16-9/h4-5,7,9H,1-3,6H2. The fourth-order valence-electron chi connectivity index (χ4n) is 2.10. The van der Waals surface area contributed by atoms with Crippen molar-refractivity contribution < 1.29 is 4.74 Å². The van der Waals surface area contributed by atoms with Crippen molar-refractivity contribution in [3.63, 3.8) is 0 Å². The maximum absolute atomic E-state index is 5.98. The van der Waals surface area contributed by atoms with Gasteiger partial charge in [-0.3, -0.25) is 0 Å². The average molecular weight is 238 g/mol. The molecule has 1 unspecified atom stereocenters. The number of halogens is 1. The van der Waals surface area contributed by atoms with E-state index in [1.54, 1.807) is 12.5 Å². The second kappa shape index (κ2) is 4.03. The summed E-state index contributed by atoms with van der Waals surface area (Å²) in [7, 11) is 0. The van der Waals surface area contributed by atoms with E-state index < -0.39 is 0 Å². The predicted octanol–water partition coefficient (Wildman–Crippen LogP) is 2.78. The van der Waals surface area contributed by atoms with Crippen molar-refractivity contribution >= 4 is 22.6 Å². The van der Waals surface area contributed by atoms with E-state index in [4.69, 9.17) is 16.3 Å². The number of pyridine rings is 1. The summed E-state index contributed by atoms with van der Waals surface area (Å²) >= 11 is 5.98. The van der Waals surface area contributed by atoms with E-state index in [-0.39, 0.29) is 6.23 Å². The van der Waals surface area contributed by atoms with E-state index in [1.165, 1.54) is 6.42 Å². The van der Waals surface area contributed by atoms with Crippen molar-refractivity contribution in [3.8, 4) is 0 Å². The number of aromatic nitrogens is 3. The normalized spacial score (nSPS) is 21.4. The number of hydrogen-bond donors (Lipinski definition) is 0. The van der Waals surface area contributed by atoms with E-state index in [0.29, 0.717) is 5.15 Å². The average Bonchev–Trinajstić information content (AvgIpc) is 2.75. The van der Waals surface area contributed by atoms with Crippen LogP contribution in [0.3, 0.4) is 0 Å². The monoisotopic (exact) mass is 237 g/mol. The van der Waals surface area contributed by atoms with Gasteiger partial charge in [0.05, 0.1) is 11.8 Å². The second-order valence-electron chi connectivity index (χ2n) is 3.94. The van der Waals surface area contributed by atoms with E-state index in [9.17, 15) is 0 Å². The molecule has 0 amide bonds. The number of imidazole rings is 1. The Morgan fingerprint density at radius 3 is 3.12 bits per heavy atom. The van der Waals surface area contributed by atoms with Crippen LogP contribution < -0.4 is 0 Å². The Balaban J connectivity index is 2.06. The Labute approximate surface area is 98.2 Å². The Bertz CT molecular complexity index is 505. The van der Waals surface area contributed by atoms with Crippen LogP contribution in [0.1, 0.15) is 25.5 Å². The molecule has 16 heavy (non-hydrogen) atoms. The summed E-state index contributed by atoms with van der Waals surface area (Å²) in [5, 5.41) is 0.451. The van der Waals surface area contributed by atoms with Gasteiger partial charge in [0.2, 0.25) is 0 Å². The molecule has 1 atom stereocenters. The van der Waals surface area contributed by atoms with Gasteiger partial charge in [-0.2, -0.15) is 0 Å². The fourth-order valence-corrected chi connectivity index (χ4v) is 2.30. The zero-order valence-electron chi connectivity index (χ0n) is 8.77. The van der Waals surface area contributed by atoms with Crippen LogP contribution in [0.5, 0.6) is 0 Å². The molecule has 3 rings (SSSR count). The van der Waals surface area contributed by atoms with Gasteiger partial charge < -0.3 is 9.30 Å². The van der Waals surface area contributed by atoms with E-state index >= 15 is 0 Å². The summed E-state index contributed by atoms with van der Waals surface area (Å²) in [5.74, 6) is 0. The molecule has 0 radical (unpaired) electrons. The maximum Gasteiger partial charge on any atom is 0.156 e. The van der Waals surface area contributed by atoms with Crippen molar-refractivity contribution in [2.24, 2.45) is 0 Å². The van der Waals surface area contributed by atoms with Crippen LogP contribution in [0.15, 0.2) is 18.6 Å². The molecular formula is C11H12ClN3O. The Hall–Kier alpha value is -1.13. The Morgan fingerprint density at radius 2 is 2.31 bits per heavy atom. The number of ether oxygens (including phenoxy) is 1. The summed E-state index contributed by atoms with van der Waals surface area (Å²) in [4.78, 5) is 8.30. The van der Waals surface area contributed by atoms with Crippen LogP contribution in [-0.2, 0) is 4.74 Å². The minimum Gasteiger partial charge on any atom is -0.358 e. The van der Waals surface area contributed by atoms with Crippen molar-refractivity contribution in [1.29, 1.82) is 0 Å². The summed E-state index contributed by atoms with van der Waals surface area (Å²) in [5.41, 5.74) is 1.74. The molecule has 2 aromatic rings. The molecule has 1 saturated heterocycles. The second-order valence-corrected chi connectivity index (χ2v) is 4.30. The van der Waals surface area contributed by atoms with E-state index in [2.05, 4.69) is 9.97 Å². The zero-order valence-corrected chi connectivity index (χ0v) is 9.52. The van der Waals surface area contributed by atoms with E-state index in [1.807, 2.05) is 10.6 Å². The summed E-state index contributed by atoms with van der Waals surface area (Å²) in [6, 6.07) is 1.92. The lowest BCUT2D eigenvalue weighted by Gasteiger charge is -2.24. The largest absolute Gasteiger partial charge is 0.358 e. The van der Waals surface area contributed by atoms with Gasteiger partial charge in [0.1, 0.15) is 11.7 Å². The number of rotatable bonds is 1. The maximum atomic E-state index is 5.98. The molecule has 0 saturated carbocycles. The van der Waals surface area contributed by atoms with Gasteiger partial charge in [0.25, 0.3) is 0 Å². The number of nitrogens with zero attached hydrogens (tertiary/aromatic N) is 3. The third-order valence-electron chi connectivity index (χ3n) is 2.91.